The average Bonchev–Trinajstić information content (AvgIpc) is 2.77. The first-order chi connectivity index (χ1) is 17.0. The Morgan fingerprint density at radius 2 is 1.03 bits per heavy atom. The number of hydrogen-bond donors (Lipinski definition) is 2. The van der Waals surface area contributed by atoms with Crippen LogP contribution in [0.25, 0.3) is 0 Å². The van der Waals surface area contributed by atoms with Crippen LogP contribution >= 0.6 is 0 Å². The minimum Gasteiger partial charge on any atom is -0.478 e. The molecule has 2 rings (SSSR count). The molecule has 14 heteroatoms. The van der Waals surface area contributed by atoms with Gasteiger partial charge in [-0.1, -0.05) is 12.1 Å². The highest BCUT2D eigenvalue weighted by Gasteiger charge is 2.72. The highest BCUT2D eigenvalue weighted by molar-refractivity contribution is 6.04. The smallest absolute Gasteiger partial charge is 0.411 e. The normalized spacial score (nSPS) is 12.1. The van der Waals surface area contributed by atoms with Gasteiger partial charge in [0.15, 0.2) is 0 Å². The predicted octanol–water partition coefficient (Wildman–Crippen LogP) is 4.85. The lowest BCUT2D eigenvalue weighted by molar-refractivity contribution is -0.288. The molecule has 0 amide bonds. The van der Waals surface area contributed by atoms with Crippen LogP contribution in [-0.2, 0) is 14.9 Å². The number of hydrogen-bond acceptors (Lipinski definition) is 6. The molecule has 0 radical (unpaired) electrons. The molecule has 2 N–H and O–H groups in total. The minimum absolute atomic E-state index is 0.0456. The number of alkyl halides is 6. The Labute approximate surface area is 204 Å². The number of carboxylic acids is 2. The quantitative estimate of drug-likeness (QED) is 0.362. The van der Waals surface area contributed by atoms with Gasteiger partial charge in [0.2, 0.25) is 5.41 Å². The first-order valence-corrected chi connectivity index (χ1v) is 10.3. The molecule has 0 heterocycles. The van der Waals surface area contributed by atoms with Gasteiger partial charge >= 0.3 is 36.2 Å². The second kappa shape index (κ2) is 10.5. The van der Waals surface area contributed by atoms with Gasteiger partial charge in [0.05, 0.1) is 35.5 Å². The zero-order valence-electron chi connectivity index (χ0n) is 19.0. The van der Waals surface area contributed by atoms with Crippen molar-refractivity contribution in [1.82, 2.24) is 0 Å². The van der Waals surface area contributed by atoms with E-state index in [1.165, 1.54) is 13.8 Å². The maximum Gasteiger partial charge on any atom is 0.411 e. The summed E-state index contributed by atoms with van der Waals surface area (Å²) in [6, 6.07) is 1.41. The molecule has 0 aliphatic carbocycles. The van der Waals surface area contributed by atoms with E-state index in [9.17, 15) is 50.6 Å². The average molecular weight is 536 g/mol. The van der Waals surface area contributed by atoms with Gasteiger partial charge < -0.3 is 19.7 Å². The first kappa shape index (κ1) is 29.1. The van der Waals surface area contributed by atoms with Gasteiger partial charge in [0, 0.05) is 0 Å². The van der Waals surface area contributed by atoms with E-state index in [0.29, 0.717) is 18.2 Å². The summed E-state index contributed by atoms with van der Waals surface area (Å²) in [5, 5.41) is 18.4. The molecule has 2 aromatic rings. The predicted molar refractivity (Wildman–Crippen MR) is 112 cm³/mol. The van der Waals surface area contributed by atoms with E-state index >= 15 is 0 Å². The number of esters is 2. The fourth-order valence-electron chi connectivity index (χ4n) is 3.67. The molecule has 0 aliphatic rings. The van der Waals surface area contributed by atoms with Crippen LogP contribution in [0.15, 0.2) is 36.4 Å². The lowest BCUT2D eigenvalue weighted by Crippen LogP contribution is -2.55. The standard InChI is InChI=1S/C23H18F6O8/c1-3-36-19(34)14-8-6-12(10-16(14)20(35)37-4-2)21(22(24,25)26,23(27,28)29)11-5-7-13(17(30)31)15(9-11)18(32)33/h5-10H,3-4H2,1-2H3,(H,30,31)(H,32,33). The molecule has 0 spiro atoms. The van der Waals surface area contributed by atoms with Crippen LogP contribution in [0, 0.1) is 0 Å². The molecule has 0 atom stereocenters. The SMILES string of the molecule is CCOC(=O)c1ccc(C(c2ccc(C(=O)O)c(C(=O)O)c2)(C(F)(F)F)C(F)(F)F)cc1C(=O)OCC. The number of carbonyl (C=O) groups is 4. The Kier molecular flexibility index (Phi) is 8.25. The molecule has 37 heavy (non-hydrogen) atoms. The third-order valence-corrected chi connectivity index (χ3v) is 5.21. The van der Waals surface area contributed by atoms with E-state index in [4.69, 9.17) is 9.84 Å². The zero-order valence-corrected chi connectivity index (χ0v) is 19.0. The maximum atomic E-state index is 14.5. The molecule has 200 valence electrons. The first-order valence-electron chi connectivity index (χ1n) is 10.3. The largest absolute Gasteiger partial charge is 0.478 e. The van der Waals surface area contributed by atoms with E-state index in [2.05, 4.69) is 4.74 Å². The third kappa shape index (κ3) is 5.22. The minimum atomic E-state index is -6.21. The molecular weight excluding hydrogens is 518 g/mol. The van der Waals surface area contributed by atoms with E-state index in [1.54, 1.807) is 0 Å². The monoisotopic (exact) mass is 536 g/mol. The molecule has 0 unspecified atom stereocenters. The van der Waals surface area contributed by atoms with Crippen molar-refractivity contribution >= 4 is 23.9 Å². The van der Waals surface area contributed by atoms with Crippen molar-refractivity contribution in [3.05, 3.63) is 69.8 Å². The molecule has 0 fully saturated rings. The van der Waals surface area contributed by atoms with Gasteiger partial charge in [-0.25, -0.2) is 19.2 Å². The lowest BCUT2D eigenvalue weighted by Gasteiger charge is -2.38. The highest BCUT2D eigenvalue weighted by atomic mass is 19.4. The number of rotatable bonds is 8. The van der Waals surface area contributed by atoms with E-state index in [0.717, 1.165) is 0 Å². The second-order valence-corrected chi connectivity index (χ2v) is 7.32. The van der Waals surface area contributed by atoms with Gasteiger partial charge in [-0.15, -0.1) is 0 Å². The van der Waals surface area contributed by atoms with Crippen molar-refractivity contribution in [2.75, 3.05) is 13.2 Å². The summed E-state index contributed by atoms with van der Waals surface area (Å²) < 4.78 is 96.4. The Morgan fingerprint density at radius 1 is 0.649 bits per heavy atom. The van der Waals surface area contributed by atoms with E-state index < -0.39 is 75.0 Å². The number of carboxylic acid groups (broad SMARTS) is 2. The van der Waals surface area contributed by atoms with Crippen molar-refractivity contribution in [2.45, 2.75) is 31.6 Å². The van der Waals surface area contributed by atoms with Gasteiger partial charge in [-0.3, -0.25) is 0 Å². The molecule has 0 aromatic heterocycles. The summed E-state index contributed by atoms with van der Waals surface area (Å²) in [7, 11) is 0. The van der Waals surface area contributed by atoms with Crippen LogP contribution in [0.2, 0.25) is 0 Å². The number of ether oxygens (including phenoxy) is 2. The summed E-state index contributed by atoms with van der Waals surface area (Å²) in [6.45, 7) is 2.10. The number of benzene rings is 2. The summed E-state index contributed by atoms with van der Waals surface area (Å²) >= 11 is 0. The molecule has 0 bridgehead atoms. The Morgan fingerprint density at radius 3 is 1.41 bits per heavy atom. The summed E-state index contributed by atoms with van der Waals surface area (Å²) in [4.78, 5) is 47.4. The van der Waals surface area contributed by atoms with E-state index in [-0.39, 0.29) is 31.4 Å². The van der Waals surface area contributed by atoms with Gasteiger partial charge in [-0.2, -0.15) is 26.3 Å². The topological polar surface area (TPSA) is 127 Å². The van der Waals surface area contributed by atoms with Crippen LogP contribution < -0.4 is 0 Å². The van der Waals surface area contributed by atoms with Crippen LogP contribution in [0.4, 0.5) is 26.3 Å². The summed E-state index contributed by atoms with van der Waals surface area (Å²) in [6.07, 6.45) is -12.4. The van der Waals surface area contributed by atoms with Crippen molar-refractivity contribution in [3.8, 4) is 0 Å². The number of halogens is 6. The Hall–Kier alpha value is -4.10. The molecule has 2 aromatic carbocycles. The zero-order chi connectivity index (χ0) is 28.3. The number of aromatic carboxylic acids is 2. The van der Waals surface area contributed by atoms with Crippen LogP contribution in [0.3, 0.4) is 0 Å². The fourth-order valence-corrected chi connectivity index (χ4v) is 3.67. The fraction of sp³-hybridized carbons (Fsp3) is 0.304. The lowest BCUT2D eigenvalue weighted by atomic mass is 9.71. The summed E-state index contributed by atoms with van der Waals surface area (Å²) in [5.41, 5.74) is -12.3. The summed E-state index contributed by atoms with van der Waals surface area (Å²) in [5.74, 6) is -6.64. The van der Waals surface area contributed by atoms with Gasteiger partial charge in [0.25, 0.3) is 0 Å². The maximum absolute atomic E-state index is 14.5. The molecule has 0 saturated carbocycles. The van der Waals surface area contributed by atoms with Crippen molar-refractivity contribution < 1.29 is 65.2 Å². The third-order valence-electron chi connectivity index (χ3n) is 5.21. The van der Waals surface area contributed by atoms with Crippen molar-refractivity contribution in [2.24, 2.45) is 0 Å². The Balaban J connectivity index is 3.07. The molecule has 0 aliphatic heterocycles. The van der Waals surface area contributed by atoms with Crippen LogP contribution in [-0.4, -0.2) is 59.7 Å². The molecule has 8 nitrogen and oxygen atoms in total. The second-order valence-electron chi connectivity index (χ2n) is 7.32. The van der Waals surface area contributed by atoms with Crippen molar-refractivity contribution in [3.63, 3.8) is 0 Å². The van der Waals surface area contributed by atoms with E-state index in [1.807, 2.05) is 0 Å². The van der Waals surface area contributed by atoms with Crippen molar-refractivity contribution in [1.29, 1.82) is 0 Å². The van der Waals surface area contributed by atoms with Gasteiger partial charge in [-0.05, 0) is 49.2 Å². The van der Waals surface area contributed by atoms with Gasteiger partial charge in [0.1, 0.15) is 0 Å². The molecular formula is C23H18F6O8. The Bertz CT molecular complexity index is 1220. The highest BCUT2D eigenvalue weighted by Crippen LogP contribution is 2.56. The molecule has 0 saturated heterocycles. The number of carbonyl (C=O) groups excluding carboxylic acids is 2. The van der Waals surface area contributed by atoms with Crippen LogP contribution in [0.1, 0.15) is 66.4 Å². The van der Waals surface area contributed by atoms with Crippen LogP contribution in [0.5, 0.6) is 0 Å².